The van der Waals surface area contributed by atoms with E-state index in [4.69, 9.17) is 4.42 Å². The number of aryl methyl sites for hydroxylation is 1. The monoisotopic (exact) mass is 304 g/mol. The van der Waals surface area contributed by atoms with Gasteiger partial charge >= 0.3 is 0 Å². The zero-order valence-electron chi connectivity index (χ0n) is 11.4. The average molecular weight is 304 g/mol. The van der Waals surface area contributed by atoms with E-state index in [2.05, 4.69) is 10.5 Å². The molecule has 1 aliphatic rings. The highest BCUT2D eigenvalue weighted by molar-refractivity contribution is 7.99. The fraction of sp³-hybridized carbons (Fsp3) is 0.200. The van der Waals surface area contributed by atoms with Gasteiger partial charge in [-0.3, -0.25) is 4.79 Å². The van der Waals surface area contributed by atoms with Gasteiger partial charge in [0.1, 0.15) is 11.6 Å². The van der Waals surface area contributed by atoms with E-state index in [0.717, 1.165) is 16.2 Å². The largest absolute Gasteiger partial charge is 0.469 e. The van der Waals surface area contributed by atoms with Crippen molar-refractivity contribution in [3.8, 4) is 0 Å². The van der Waals surface area contributed by atoms with Gasteiger partial charge in [-0.2, -0.15) is 5.10 Å². The van der Waals surface area contributed by atoms with Crippen LogP contribution in [0.2, 0.25) is 0 Å². The third-order valence-corrected chi connectivity index (χ3v) is 4.32. The lowest BCUT2D eigenvalue weighted by Gasteiger charge is -2.17. The van der Waals surface area contributed by atoms with Gasteiger partial charge in [0.15, 0.2) is 0 Å². The summed E-state index contributed by atoms with van der Waals surface area (Å²) in [6.07, 6.45) is 2.14. The van der Waals surface area contributed by atoms with Crippen molar-refractivity contribution >= 4 is 23.4 Å². The summed E-state index contributed by atoms with van der Waals surface area (Å²) in [4.78, 5) is 13.0. The van der Waals surface area contributed by atoms with E-state index >= 15 is 0 Å². The van der Waals surface area contributed by atoms with Gasteiger partial charge < -0.3 is 4.42 Å². The number of amides is 1. The number of nitrogens with zero attached hydrogens (tertiary/aromatic N) is 1. The lowest BCUT2D eigenvalue weighted by molar-refractivity contribution is 0.0953. The standard InChI is InChI=1S/C15H13FN2O2S/c1-9-11(4-6-20-9)15(19)18-17-13-5-7-21-14-3-2-10(16)8-12(13)14/h2-4,6,8H,5,7H2,1H3,(H,18,19)/b17-13-. The molecule has 6 heteroatoms. The Balaban J connectivity index is 1.84. The van der Waals surface area contributed by atoms with Gasteiger partial charge in [0.2, 0.25) is 0 Å². The Hall–Kier alpha value is -2.08. The predicted octanol–water partition coefficient (Wildman–Crippen LogP) is 3.36. The molecule has 1 aliphatic heterocycles. The van der Waals surface area contributed by atoms with E-state index < -0.39 is 0 Å². The molecule has 1 aromatic heterocycles. The first-order valence-electron chi connectivity index (χ1n) is 6.49. The van der Waals surface area contributed by atoms with E-state index in [-0.39, 0.29) is 11.7 Å². The van der Waals surface area contributed by atoms with Crippen LogP contribution >= 0.6 is 11.8 Å². The number of halogens is 1. The average Bonchev–Trinajstić information content (AvgIpc) is 2.91. The summed E-state index contributed by atoms with van der Waals surface area (Å²) in [5.74, 6) is 0.766. The summed E-state index contributed by atoms with van der Waals surface area (Å²) < 4.78 is 18.5. The Kier molecular flexibility index (Phi) is 3.79. The minimum atomic E-state index is -0.329. The summed E-state index contributed by atoms with van der Waals surface area (Å²) in [6.45, 7) is 1.71. The Morgan fingerprint density at radius 1 is 1.43 bits per heavy atom. The molecule has 108 valence electrons. The molecule has 0 saturated carbocycles. The molecule has 0 saturated heterocycles. The van der Waals surface area contributed by atoms with Gasteiger partial charge in [0.05, 0.1) is 17.5 Å². The van der Waals surface area contributed by atoms with Crippen molar-refractivity contribution in [3.05, 3.63) is 53.2 Å². The number of rotatable bonds is 2. The topological polar surface area (TPSA) is 54.6 Å². The van der Waals surface area contributed by atoms with E-state index in [1.54, 1.807) is 30.8 Å². The van der Waals surface area contributed by atoms with Gasteiger partial charge in [-0.05, 0) is 31.2 Å². The molecule has 1 N–H and O–H groups in total. The number of fused-ring (bicyclic) bond motifs is 1. The Morgan fingerprint density at radius 2 is 2.29 bits per heavy atom. The van der Waals surface area contributed by atoms with Crippen LogP contribution in [-0.2, 0) is 0 Å². The highest BCUT2D eigenvalue weighted by Gasteiger charge is 2.18. The van der Waals surface area contributed by atoms with Crippen molar-refractivity contribution in [2.45, 2.75) is 18.2 Å². The predicted molar refractivity (Wildman–Crippen MR) is 79.2 cm³/mol. The molecule has 2 aromatic rings. The third-order valence-electron chi connectivity index (χ3n) is 3.24. The lowest BCUT2D eigenvalue weighted by Crippen LogP contribution is -2.22. The van der Waals surface area contributed by atoms with Crippen LogP contribution in [0.1, 0.15) is 28.1 Å². The SMILES string of the molecule is Cc1occc1C(=O)N/N=C1/CCSc2ccc(F)cc21. The zero-order chi connectivity index (χ0) is 14.8. The number of carbonyl (C=O) groups is 1. The summed E-state index contributed by atoms with van der Waals surface area (Å²) in [5.41, 5.74) is 4.40. The van der Waals surface area contributed by atoms with Crippen molar-refractivity contribution in [3.63, 3.8) is 0 Å². The van der Waals surface area contributed by atoms with Crippen LogP contribution in [0.3, 0.4) is 0 Å². The molecule has 1 aromatic carbocycles. The molecule has 4 nitrogen and oxygen atoms in total. The van der Waals surface area contributed by atoms with Crippen LogP contribution in [0.5, 0.6) is 0 Å². The van der Waals surface area contributed by atoms with Gasteiger partial charge in [0, 0.05) is 22.6 Å². The van der Waals surface area contributed by atoms with E-state index in [0.29, 0.717) is 23.5 Å². The number of furan rings is 1. The van der Waals surface area contributed by atoms with Crippen LogP contribution < -0.4 is 5.43 Å². The molecule has 0 radical (unpaired) electrons. The zero-order valence-corrected chi connectivity index (χ0v) is 12.2. The number of hydrogen-bond acceptors (Lipinski definition) is 4. The normalized spacial score (nSPS) is 15.8. The molecule has 1 amide bonds. The van der Waals surface area contributed by atoms with Crippen LogP contribution in [0.25, 0.3) is 0 Å². The highest BCUT2D eigenvalue weighted by atomic mass is 32.2. The Bertz CT molecular complexity index is 724. The van der Waals surface area contributed by atoms with Crippen LogP contribution in [-0.4, -0.2) is 17.4 Å². The summed E-state index contributed by atoms with van der Waals surface area (Å²) >= 11 is 1.66. The maximum atomic E-state index is 13.4. The Morgan fingerprint density at radius 3 is 3.05 bits per heavy atom. The molecule has 21 heavy (non-hydrogen) atoms. The van der Waals surface area contributed by atoms with Crippen LogP contribution in [0, 0.1) is 12.7 Å². The van der Waals surface area contributed by atoms with Crippen molar-refractivity contribution in [2.75, 3.05) is 5.75 Å². The molecule has 0 atom stereocenters. The number of hydrazone groups is 1. The van der Waals surface area contributed by atoms with Crippen molar-refractivity contribution in [1.29, 1.82) is 0 Å². The Labute approximate surface area is 125 Å². The number of benzene rings is 1. The molecule has 0 spiro atoms. The second-order valence-corrected chi connectivity index (χ2v) is 5.77. The minimum absolute atomic E-state index is 0.305. The quantitative estimate of drug-likeness (QED) is 0.866. The van der Waals surface area contributed by atoms with E-state index in [1.807, 2.05) is 0 Å². The fourth-order valence-electron chi connectivity index (χ4n) is 2.16. The van der Waals surface area contributed by atoms with Gasteiger partial charge in [-0.1, -0.05) is 0 Å². The molecular formula is C15H13FN2O2S. The van der Waals surface area contributed by atoms with Crippen LogP contribution in [0.4, 0.5) is 4.39 Å². The van der Waals surface area contributed by atoms with Crippen LogP contribution in [0.15, 0.2) is 44.9 Å². The first-order chi connectivity index (χ1) is 10.1. The summed E-state index contributed by atoms with van der Waals surface area (Å²) in [7, 11) is 0. The lowest BCUT2D eigenvalue weighted by atomic mass is 10.1. The van der Waals surface area contributed by atoms with Crippen molar-refractivity contribution < 1.29 is 13.6 Å². The maximum absolute atomic E-state index is 13.4. The molecule has 0 unspecified atom stereocenters. The van der Waals surface area contributed by atoms with E-state index in [1.165, 1.54) is 18.4 Å². The number of thioether (sulfide) groups is 1. The first-order valence-corrected chi connectivity index (χ1v) is 7.47. The first kappa shape index (κ1) is 13.9. The fourth-order valence-corrected chi connectivity index (χ4v) is 3.17. The van der Waals surface area contributed by atoms with E-state index in [9.17, 15) is 9.18 Å². The second kappa shape index (κ2) is 5.73. The van der Waals surface area contributed by atoms with Gasteiger partial charge in [0.25, 0.3) is 5.91 Å². The molecule has 0 fully saturated rings. The molecule has 2 heterocycles. The summed E-state index contributed by atoms with van der Waals surface area (Å²) in [6, 6.07) is 6.22. The highest BCUT2D eigenvalue weighted by Crippen LogP contribution is 2.30. The second-order valence-electron chi connectivity index (χ2n) is 4.63. The number of nitrogens with one attached hydrogen (secondary N) is 1. The smallest absolute Gasteiger partial charge is 0.274 e. The van der Waals surface area contributed by atoms with Crippen molar-refractivity contribution in [1.82, 2.24) is 5.43 Å². The van der Waals surface area contributed by atoms with Crippen molar-refractivity contribution in [2.24, 2.45) is 5.10 Å². The van der Waals surface area contributed by atoms with Gasteiger partial charge in [-0.25, -0.2) is 9.82 Å². The molecule has 0 bridgehead atoms. The number of hydrogen-bond donors (Lipinski definition) is 1. The molecule has 3 rings (SSSR count). The number of carbonyl (C=O) groups excluding carboxylic acids is 1. The third kappa shape index (κ3) is 2.85. The molecule has 0 aliphatic carbocycles. The molecular weight excluding hydrogens is 291 g/mol. The maximum Gasteiger partial charge on any atom is 0.274 e. The van der Waals surface area contributed by atoms with Gasteiger partial charge in [-0.15, -0.1) is 11.8 Å². The summed E-state index contributed by atoms with van der Waals surface area (Å²) in [5, 5.41) is 4.16. The minimum Gasteiger partial charge on any atom is -0.469 e.